The number of nitrogens with zero attached hydrogens (tertiary/aromatic N) is 1. The number of halogens is 5. The molecule has 1 aromatic heterocycles. The molecule has 0 aliphatic carbocycles. The third-order valence-electron chi connectivity index (χ3n) is 6.27. The summed E-state index contributed by atoms with van der Waals surface area (Å²) < 4.78 is 48.1. The van der Waals surface area contributed by atoms with Crippen molar-refractivity contribution >= 4 is 45.9 Å². The highest BCUT2D eigenvalue weighted by Crippen LogP contribution is 2.38. The first-order valence-corrected chi connectivity index (χ1v) is 13.2. The largest absolute Gasteiger partial charge is 0.459 e. The predicted molar refractivity (Wildman–Crippen MR) is 146 cm³/mol. The first-order valence-electron chi connectivity index (χ1n) is 12.4. The van der Waals surface area contributed by atoms with Crippen molar-refractivity contribution in [2.24, 2.45) is 0 Å². The maximum absolute atomic E-state index is 14.3. The Hall–Kier alpha value is -3.16. The molecule has 4 aromatic rings. The number of fused-ring (bicyclic) bond motifs is 1. The van der Waals surface area contributed by atoms with E-state index in [1.165, 1.54) is 4.90 Å². The molecule has 0 radical (unpaired) electrons. The van der Waals surface area contributed by atoms with Crippen molar-refractivity contribution in [2.45, 2.75) is 45.6 Å². The summed E-state index contributed by atoms with van der Waals surface area (Å²) in [6, 6.07) is 13.0. The molecule has 0 aliphatic rings. The number of benzene rings is 3. The lowest BCUT2D eigenvalue weighted by Crippen LogP contribution is -2.36. The minimum absolute atomic E-state index is 0.0221. The number of hydrogen-bond donors (Lipinski definition) is 1. The number of urea groups is 1. The van der Waals surface area contributed by atoms with Crippen LogP contribution in [0, 0.1) is 17.5 Å². The summed E-state index contributed by atoms with van der Waals surface area (Å²) in [7, 11) is 0. The molecule has 0 fully saturated rings. The molecular weight excluding hydrogens is 536 g/mol. The Morgan fingerprint density at radius 2 is 1.63 bits per heavy atom. The van der Waals surface area contributed by atoms with Crippen molar-refractivity contribution < 1.29 is 22.4 Å². The first kappa shape index (κ1) is 27.9. The van der Waals surface area contributed by atoms with E-state index in [-0.39, 0.29) is 6.54 Å². The normalized spacial score (nSPS) is 11.2. The lowest BCUT2D eigenvalue weighted by molar-refractivity contribution is 0.203. The molecule has 4 rings (SSSR count). The number of rotatable bonds is 10. The number of amides is 2. The summed E-state index contributed by atoms with van der Waals surface area (Å²) in [5.74, 6) is -2.98. The molecule has 0 aliphatic heterocycles. The van der Waals surface area contributed by atoms with Crippen LogP contribution in [0.4, 0.5) is 23.7 Å². The number of anilines is 1. The summed E-state index contributed by atoms with van der Waals surface area (Å²) in [5.41, 5.74) is 1.39. The van der Waals surface area contributed by atoms with E-state index in [0.29, 0.717) is 46.5 Å². The zero-order chi connectivity index (χ0) is 27.2. The zero-order valence-corrected chi connectivity index (χ0v) is 22.3. The second-order valence-corrected chi connectivity index (χ2v) is 9.85. The van der Waals surface area contributed by atoms with Crippen molar-refractivity contribution in [3.8, 4) is 11.1 Å². The molecule has 0 spiro atoms. The van der Waals surface area contributed by atoms with Crippen LogP contribution in [0.5, 0.6) is 0 Å². The number of carbonyl (C=O) groups is 1. The van der Waals surface area contributed by atoms with Crippen LogP contribution in [0.1, 0.15) is 44.8 Å². The number of para-hydroxylation sites is 1. The van der Waals surface area contributed by atoms with Gasteiger partial charge in [-0.2, -0.15) is 0 Å². The van der Waals surface area contributed by atoms with Gasteiger partial charge in [0.15, 0.2) is 11.6 Å². The lowest BCUT2D eigenvalue weighted by atomic mass is 10.0. The van der Waals surface area contributed by atoms with Gasteiger partial charge in [0.2, 0.25) is 0 Å². The van der Waals surface area contributed by atoms with Gasteiger partial charge in [-0.15, -0.1) is 0 Å². The summed E-state index contributed by atoms with van der Waals surface area (Å²) >= 11 is 12.4. The molecular formula is C29H27Cl2F3N2O2. The number of hydrogen-bond acceptors (Lipinski definition) is 2. The van der Waals surface area contributed by atoms with Crippen molar-refractivity contribution in [3.05, 3.63) is 87.9 Å². The average Bonchev–Trinajstić information content (AvgIpc) is 3.24. The van der Waals surface area contributed by atoms with Crippen LogP contribution in [-0.2, 0) is 6.54 Å². The van der Waals surface area contributed by atoms with E-state index in [0.717, 1.165) is 42.2 Å². The molecule has 9 heteroatoms. The SMILES string of the molecule is CCCCCCCN(Cc1oc2ccccc2c1-c1ccc(Cl)c(Cl)c1)C(=O)Nc1c(F)cc(F)cc1F. The molecule has 1 N–H and O–H groups in total. The maximum atomic E-state index is 14.3. The molecule has 0 saturated carbocycles. The number of furan rings is 1. The van der Waals surface area contributed by atoms with E-state index in [9.17, 15) is 18.0 Å². The fourth-order valence-corrected chi connectivity index (χ4v) is 4.65. The van der Waals surface area contributed by atoms with E-state index in [2.05, 4.69) is 12.2 Å². The highest BCUT2D eigenvalue weighted by atomic mass is 35.5. The van der Waals surface area contributed by atoms with Gasteiger partial charge in [0.25, 0.3) is 0 Å². The zero-order valence-electron chi connectivity index (χ0n) is 20.8. The van der Waals surface area contributed by atoms with E-state index >= 15 is 0 Å². The van der Waals surface area contributed by atoms with Gasteiger partial charge < -0.3 is 14.6 Å². The van der Waals surface area contributed by atoms with E-state index in [1.54, 1.807) is 12.1 Å². The maximum Gasteiger partial charge on any atom is 0.322 e. The Kier molecular flexibility index (Phi) is 9.23. The van der Waals surface area contributed by atoms with Crippen LogP contribution in [0.3, 0.4) is 0 Å². The van der Waals surface area contributed by atoms with Crippen LogP contribution in [0.25, 0.3) is 22.1 Å². The second-order valence-electron chi connectivity index (χ2n) is 9.04. The Morgan fingerprint density at radius 3 is 2.34 bits per heavy atom. The van der Waals surface area contributed by atoms with Crippen LogP contribution in [0.15, 0.2) is 59.0 Å². The Balaban J connectivity index is 1.68. The van der Waals surface area contributed by atoms with Crippen molar-refractivity contribution in [1.82, 2.24) is 4.90 Å². The average molecular weight is 563 g/mol. The quantitative estimate of drug-likeness (QED) is 0.195. The van der Waals surface area contributed by atoms with Gasteiger partial charge in [-0.1, -0.05) is 80.1 Å². The second kappa shape index (κ2) is 12.6. The summed E-state index contributed by atoms with van der Waals surface area (Å²) in [5, 5.41) is 3.87. The smallest absolute Gasteiger partial charge is 0.322 e. The van der Waals surface area contributed by atoms with Crippen molar-refractivity contribution in [1.29, 1.82) is 0 Å². The van der Waals surface area contributed by atoms with Gasteiger partial charge in [-0.05, 0) is 30.2 Å². The van der Waals surface area contributed by atoms with Crippen LogP contribution in [0.2, 0.25) is 10.0 Å². The van der Waals surface area contributed by atoms with Gasteiger partial charge in [0.1, 0.15) is 22.8 Å². The number of carbonyl (C=O) groups excluding carboxylic acids is 1. The molecule has 1 heterocycles. The lowest BCUT2D eigenvalue weighted by Gasteiger charge is -2.23. The fraction of sp³-hybridized carbons (Fsp3) is 0.276. The topological polar surface area (TPSA) is 45.5 Å². The predicted octanol–water partition coefficient (Wildman–Crippen LogP) is 9.83. The van der Waals surface area contributed by atoms with Crippen LogP contribution < -0.4 is 5.32 Å². The monoisotopic (exact) mass is 562 g/mol. The molecule has 0 bridgehead atoms. The Bertz CT molecular complexity index is 1420. The molecule has 38 heavy (non-hydrogen) atoms. The summed E-state index contributed by atoms with van der Waals surface area (Å²) in [4.78, 5) is 14.7. The summed E-state index contributed by atoms with van der Waals surface area (Å²) in [6.07, 6.45) is 4.72. The Labute approximate surface area is 229 Å². The van der Waals surface area contributed by atoms with Crippen LogP contribution in [-0.4, -0.2) is 17.5 Å². The molecule has 3 aromatic carbocycles. The Morgan fingerprint density at radius 1 is 0.921 bits per heavy atom. The van der Waals surface area contributed by atoms with Gasteiger partial charge in [-0.3, -0.25) is 0 Å². The third kappa shape index (κ3) is 6.45. The fourth-order valence-electron chi connectivity index (χ4n) is 4.36. The minimum atomic E-state index is -1.20. The van der Waals surface area contributed by atoms with Gasteiger partial charge in [0, 0.05) is 29.6 Å². The molecule has 2 amide bonds. The minimum Gasteiger partial charge on any atom is -0.459 e. The van der Waals surface area contributed by atoms with E-state index in [4.69, 9.17) is 27.6 Å². The molecule has 4 nitrogen and oxygen atoms in total. The molecule has 200 valence electrons. The van der Waals surface area contributed by atoms with Gasteiger partial charge in [-0.25, -0.2) is 18.0 Å². The number of unbranched alkanes of at least 4 members (excludes halogenated alkanes) is 4. The van der Waals surface area contributed by atoms with Crippen molar-refractivity contribution in [3.63, 3.8) is 0 Å². The highest BCUT2D eigenvalue weighted by molar-refractivity contribution is 6.42. The first-order chi connectivity index (χ1) is 18.3. The van der Waals surface area contributed by atoms with E-state index in [1.807, 2.05) is 30.3 Å². The molecule has 0 unspecified atom stereocenters. The van der Waals surface area contributed by atoms with Crippen molar-refractivity contribution in [2.75, 3.05) is 11.9 Å². The third-order valence-corrected chi connectivity index (χ3v) is 7.01. The molecule has 0 atom stereocenters. The molecule has 0 saturated heterocycles. The van der Waals surface area contributed by atoms with Gasteiger partial charge in [0.05, 0.1) is 16.6 Å². The number of nitrogens with one attached hydrogen (secondary N) is 1. The highest BCUT2D eigenvalue weighted by Gasteiger charge is 2.24. The van der Waals surface area contributed by atoms with Crippen LogP contribution >= 0.6 is 23.2 Å². The summed E-state index contributed by atoms with van der Waals surface area (Å²) in [6.45, 7) is 2.45. The van der Waals surface area contributed by atoms with Gasteiger partial charge >= 0.3 is 6.03 Å². The standard InChI is InChI=1S/C29H27Cl2F3N2O2/c1-2-3-4-5-8-13-36(29(37)35-28-23(33)15-19(32)16-24(28)34)17-26-27(18-11-12-21(30)22(31)14-18)20-9-6-7-10-25(20)38-26/h6-7,9-12,14-16H,2-5,8,13,17H2,1H3,(H,35,37). The van der Waals surface area contributed by atoms with E-state index < -0.39 is 29.2 Å².